The lowest BCUT2D eigenvalue weighted by molar-refractivity contribution is 0.397. The molecule has 0 atom stereocenters. The number of rotatable bonds is 3. The number of methoxy groups -OCH3 is 1. The van der Waals surface area contributed by atoms with Crippen molar-refractivity contribution in [3.05, 3.63) is 41.9 Å². The van der Waals surface area contributed by atoms with E-state index in [2.05, 4.69) is 11.6 Å². The van der Waals surface area contributed by atoms with Crippen LogP contribution in [0.3, 0.4) is 0 Å². The molecular weight excluding hydrogens is 193 g/mol. The fraction of sp³-hybridized carbons (Fsp3) is 0.250. The molecule has 15 heavy (non-hydrogen) atoms. The Labute approximate surface area is 89.1 Å². The van der Waals surface area contributed by atoms with Gasteiger partial charge >= 0.3 is 0 Å². The molecule has 0 aliphatic rings. The zero-order chi connectivity index (χ0) is 11.4. The second-order valence-electron chi connectivity index (χ2n) is 3.20. The number of pyridine rings is 1. The molecule has 0 aliphatic carbocycles. The van der Waals surface area contributed by atoms with Crippen molar-refractivity contribution < 1.29 is 9.13 Å². The quantitative estimate of drug-likeness (QED) is 0.709. The molecule has 0 saturated carbocycles. The SMILES string of the molecule is C=C/C(F)=C(/C)c1nc(OC)ccc1C. The van der Waals surface area contributed by atoms with Gasteiger partial charge in [-0.1, -0.05) is 12.6 Å². The molecule has 0 saturated heterocycles. The van der Waals surface area contributed by atoms with Crippen molar-refractivity contribution in [2.45, 2.75) is 13.8 Å². The van der Waals surface area contributed by atoms with Crippen LogP contribution in [0.5, 0.6) is 5.88 Å². The second kappa shape index (κ2) is 4.73. The van der Waals surface area contributed by atoms with Crippen molar-refractivity contribution in [2.75, 3.05) is 7.11 Å². The molecule has 0 bridgehead atoms. The van der Waals surface area contributed by atoms with Crippen molar-refractivity contribution >= 4 is 5.57 Å². The number of ether oxygens (including phenoxy) is 1. The Hall–Kier alpha value is -1.64. The summed E-state index contributed by atoms with van der Waals surface area (Å²) in [5, 5.41) is 0. The van der Waals surface area contributed by atoms with Gasteiger partial charge in [0.25, 0.3) is 0 Å². The van der Waals surface area contributed by atoms with Crippen LogP contribution in [0.4, 0.5) is 4.39 Å². The summed E-state index contributed by atoms with van der Waals surface area (Å²) in [6.07, 6.45) is 1.18. The van der Waals surface area contributed by atoms with Gasteiger partial charge in [0.2, 0.25) is 5.88 Å². The Morgan fingerprint density at radius 3 is 2.73 bits per heavy atom. The van der Waals surface area contributed by atoms with Crippen LogP contribution in [0.2, 0.25) is 0 Å². The Morgan fingerprint density at radius 1 is 1.53 bits per heavy atom. The van der Waals surface area contributed by atoms with Gasteiger partial charge in [-0.25, -0.2) is 9.37 Å². The first-order valence-corrected chi connectivity index (χ1v) is 4.61. The third-order valence-electron chi connectivity index (χ3n) is 2.17. The molecule has 0 aliphatic heterocycles. The Bertz CT molecular complexity index is 410. The zero-order valence-corrected chi connectivity index (χ0v) is 9.17. The average Bonchev–Trinajstić information content (AvgIpc) is 2.27. The molecule has 1 heterocycles. The van der Waals surface area contributed by atoms with E-state index < -0.39 is 0 Å². The molecule has 0 aromatic carbocycles. The topological polar surface area (TPSA) is 22.1 Å². The third-order valence-corrected chi connectivity index (χ3v) is 2.17. The Morgan fingerprint density at radius 2 is 2.20 bits per heavy atom. The second-order valence-corrected chi connectivity index (χ2v) is 3.20. The predicted octanol–water partition coefficient (Wildman–Crippen LogP) is 3.29. The van der Waals surface area contributed by atoms with Crippen molar-refractivity contribution in [1.29, 1.82) is 0 Å². The fourth-order valence-corrected chi connectivity index (χ4v) is 1.27. The maximum atomic E-state index is 13.3. The van der Waals surface area contributed by atoms with Gasteiger partial charge in [-0.15, -0.1) is 0 Å². The lowest BCUT2D eigenvalue weighted by Crippen LogP contribution is -1.95. The molecule has 2 nitrogen and oxygen atoms in total. The predicted molar refractivity (Wildman–Crippen MR) is 59.4 cm³/mol. The molecule has 3 heteroatoms. The van der Waals surface area contributed by atoms with Crippen LogP contribution < -0.4 is 4.74 Å². The van der Waals surface area contributed by atoms with Crippen molar-refractivity contribution in [3.63, 3.8) is 0 Å². The first-order valence-electron chi connectivity index (χ1n) is 4.61. The largest absolute Gasteiger partial charge is 0.481 e. The smallest absolute Gasteiger partial charge is 0.213 e. The van der Waals surface area contributed by atoms with E-state index in [1.54, 1.807) is 13.0 Å². The van der Waals surface area contributed by atoms with Gasteiger partial charge in [-0.2, -0.15) is 0 Å². The number of hydrogen-bond donors (Lipinski definition) is 0. The summed E-state index contributed by atoms with van der Waals surface area (Å²) in [4.78, 5) is 4.19. The van der Waals surface area contributed by atoms with E-state index in [1.807, 2.05) is 13.0 Å². The van der Waals surface area contributed by atoms with Gasteiger partial charge in [-0.05, 0) is 25.5 Å². The maximum absolute atomic E-state index is 13.3. The molecular formula is C12H14FNO. The van der Waals surface area contributed by atoms with Crippen LogP contribution in [0, 0.1) is 6.92 Å². The van der Waals surface area contributed by atoms with Gasteiger partial charge in [0.15, 0.2) is 0 Å². The lowest BCUT2D eigenvalue weighted by Gasteiger charge is -2.07. The summed E-state index contributed by atoms with van der Waals surface area (Å²) < 4.78 is 18.3. The summed E-state index contributed by atoms with van der Waals surface area (Å²) in [5.74, 6) is 0.116. The zero-order valence-electron chi connectivity index (χ0n) is 9.17. The number of allylic oxidation sites excluding steroid dienone is 3. The van der Waals surface area contributed by atoms with Gasteiger partial charge < -0.3 is 4.74 Å². The van der Waals surface area contributed by atoms with Crippen LogP contribution >= 0.6 is 0 Å². The Kier molecular flexibility index (Phi) is 3.61. The molecule has 0 fully saturated rings. The number of nitrogens with zero attached hydrogens (tertiary/aromatic N) is 1. The highest BCUT2D eigenvalue weighted by Crippen LogP contribution is 2.23. The van der Waals surface area contributed by atoms with Gasteiger partial charge in [0.05, 0.1) is 12.8 Å². The highest BCUT2D eigenvalue weighted by molar-refractivity contribution is 5.67. The minimum atomic E-state index is -0.362. The van der Waals surface area contributed by atoms with E-state index in [-0.39, 0.29) is 5.83 Å². The molecule has 0 amide bonds. The summed E-state index contributed by atoms with van der Waals surface area (Å²) in [5.41, 5.74) is 1.98. The van der Waals surface area contributed by atoms with E-state index in [9.17, 15) is 4.39 Å². The normalized spacial score (nSPS) is 12.0. The number of aryl methyl sites for hydroxylation is 1. The lowest BCUT2D eigenvalue weighted by atomic mass is 10.1. The van der Waals surface area contributed by atoms with Crippen LogP contribution in [0.15, 0.2) is 30.6 Å². The highest BCUT2D eigenvalue weighted by Gasteiger charge is 2.08. The molecule has 0 radical (unpaired) electrons. The van der Waals surface area contributed by atoms with E-state index >= 15 is 0 Å². The molecule has 1 rings (SSSR count). The van der Waals surface area contributed by atoms with E-state index in [0.29, 0.717) is 17.1 Å². The molecule has 80 valence electrons. The van der Waals surface area contributed by atoms with Crippen molar-refractivity contribution in [2.24, 2.45) is 0 Å². The summed E-state index contributed by atoms with van der Waals surface area (Å²) in [6, 6.07) is 3.60. The number of aromatic nitrogens is 1. The van der Waals surface area contributed by atoms with Crippen LogP contribution in [0.1, 0.15) is 18.2 Å². The summed E-state index contributed by atoms with van der Waals surface area (Å²) in [6.45, 7) is 6.94. The van der Waals surface area contributed by atoms with Crippen molar-refractivity contribution in [3.8, 4) is 5.88 Å². The maximum Gasteiger partial charge on any atom is 0.213 e. The van der Waals surface area contributed by atoms with E-state index in [1.165, 1.54) is 13.2 Å². The third kappa shape index (κ3) is 2.43. The van der Waals surface area contributed by atoms with E-state index in [4.69, 9.17) is 4.74 Å². The monoisotopic (exact) mass is 207 g/mol. The van der Waals surface area contributed by atoms with Crippen LogP contribution in [0.25, 0.3) is 5.57 Å². The average molecular weight is 207 g/mol. The van der Waals surface area contributed by atoms with Crippen LogP contribution in [-0.4, -0.2) is 12.1 Å². The molecule has 0 N–H and O–H groups in total. The highest BCUT2D eigenvalue weighted by atomic mass is 19.1. The van der Waals surface area contributed by atoms with Crippen LogP contribution in [-0.2, 0) is 0 Å². The van der Waals surface area contributed by atoms with E-state index in [0.717, 1.165) is 5.56 Å². The first-order chi connectivity index (χ1) is 7.10. The minimum Gasteiger partial charge on any atom is -0.481 e. The Balaban J connectivity index is 3.30. The fourth-order valence-electron chi connectivity index (χ4n) is 1.27. The van der Waals surface area contributed by atoms with Gasteiger partial charge in [-0.3, -0.25) is 0 Å². The molecule has 1 aromatic heterocycles. The summed E-state index contributed by atoms with van der Waals surface area (Å²) in [7, 11) is 1.53. The first kappa shape index (κ1) is 11.4. The molecule has 0 spiro atoms. The molecule has 1 aromatic rings. The van der Waals surface area contributed by atoms with Gasteiger partial charge in [0.1, 0.15) is 5.83 Å². The van der Waals surface area contributed by atoms with Gasteiger partial charge in [0, 0.05) is 11.6 Å². The summed E-state index contributed by atoms with van der Waals surface area (Å²) >= 11 is 0. The minimum absolute atomic E-state index is 0.362. The molecule has 0 unspecified atom stereocenters. The van der Waals surface area contributed by atoms with Crippen molar-refractivity contribution in [1.82, 2.24) is 4.98 Å². The number of hydrogen-bond acceptors (Lipinski definition) is 2. The standard InChI is InChI=1S/C12H14FNO/c1-5-10(13)9(3)12-8(2)6-7-11(14-12)15-4/h5-7H,1H2,2-4H3/b10-9+. The number of halogens is 1.